The third kappa shape index (κ3) is 4.48. The predicted molar refractivity (Wildman–Crippen MR) is 111 cm³/mol. The summed E-state index contributed by atoms with van der Waals surface area (Å²) in [5, 5.41) is 9.00. The molecule has 0 spiro atoms. The summed E-state index contributed by atoms with van der Waals surface area (Å²) in [6.45, 7) is 9.36. The molecule has 4 aliphatic rings. The van der Waals surface area contributed by atoms with Crippen LogP contribution in [0.2, 0.25) is 0 Å². The van der Waals surface area contributed by atoms with E-state index in [1.165, 1.54) is 12.8 Å². The van der Waals surface area contributed by atoms with Crippen LogP contribution in [-0.2, 0) is 9.53 Å². The van der Waals surface area contributed by atoms with Crippen molar-refractivity contribution in [3.8, 4) is 0 Å². The van der Waals surface area contributed by atoms with Crippen LogP contribution in [0.4, 0.5) is 11.6 Å². The molecule has 3 saturated heterocycles. The van der Waals surface area contributed by atoms with E-state index in [1.54, 1.807) is 0 Å². The van der Waals surface area contributed by atoms with Gasteiger partial charge in [-0.15, -0.1) is 10.2 Å². The van der Waals surface area contributed by atoms with Gasteiger partial charge in [-0.25, -0.2) is 0 Å². The molecule has 1 atom stereocenters. The highest BCUT2D eigenvalue weighted by Crippen LogP contribution is 2.31. The second-order valence-electron chi connectivity index (χ2n) is 8.76. The van der Waals surface area contributed by atoms with Gasteiger partial charge in [-0.3, -0.25) is 9.69 Å². The molecule has 1 aromatic heterocycles. The highest BCUT2D eigenvalue weighted by molar-refractivity contribution is 5.81. The Balaban J connectivity index is 1.10. The van der Waals surface area contributed by atoms with Crippen LogP contribution in [0.5, 0.6) is 0 Å². The number of hydrogen-bond acceptors (Lipinski definition) is 7. The normalized spacial score (nSPS) is 26.2. The number of nitrogens with zero attached hydrogens (tertiary/aromatic N) is 6. The van der Waals surface area contributed by atoms with E-state index in [0.717, 1.165) is 90.0 Å². The van der Waals surface area contributed by atoms with Crippen LogP contribution in [0.3, 0.4) is 0 Å². The van der Waals surface area contributed by atoms with Gasteiger partial charge >= 0.3 is 0 Å². The molecule has 1 unspecified atom stereocenters. The lowest BCUT2D eigenvalue weighted by molar-refractivity contribution is -0.132. The monoisotopic (exact) mass is 400 g/mol. The highest BCUT2D eigenvalue weighted by atomic mass is 16.5. The SMILES string of the molecule is O=C(C1CC1)N1CCN(c2ccc(N3CCN(CC4CCCO4)CC3)nn2)CC1. The Bertz CT molecular complexity index is 688. The molecule has 1 aromatic rings. The molecule has 0 N–H and O–H groups in total. The Labute approximate surface area is 172 Å². The number of carbonyl (C=O) groups excluding carboxylic acids is 1. The maximum Gasteiger partial charge on any atom is 0.225 e. The molecule has 158 valence electrons. The van der Waals surface area contributed by atoms with Crippen LogP contribution in [0.1, 0.15) is 25.7 Å². The second kappa shape index (κ2) is 8.44. The fourth-order valence-corrected chi connectivity index (χ4v) is 4.64. The van der Waals surface area contributed by atoms with Crippen LogP contribution < -0.4 is 9.80 Å². The topological polar surface area (TPSA) is 65.0 Å². The summed E-state index contributed by atoms with van der Waals surface area (Å²) in [7, 11) is 0. The first-order valence-electron chi connectivity index (χ1n) is 11.2. The van der Waals surface area contributed by atoms with E-state index >= 15 is 0 Å². The van der Waals surface area contributed by atoms with Crippen LogP contribution >= 0.6 is 0 Å². The van der Waals surface area contributed by atoms with Gasteiger partial charge in [0.1, 0.15) is 0 Å². The van der Waals surface area contributed by atoms with Crippen LogP contribution in [0, 0.1) is 5.92 Å². The van der Waals surface area contributed by atoms with E-state index < -0.39 is 0 Å². The Morgan fingerprint density at radius 3 is 2.03 bits per heavy atom. The average Bonchev–Trinajstić information content (AvgIpc) is 3.51. The summed E-state index contributed by atoms with van der Waals surface area (Å²) < 4.78 is 5.77. The summed E-state index contributed by atoms with van der Waals surface area (Å²) in [6.07, 6.45) is 5.00. The van der Waals surface area contributed by atoms with Gasteiger partial charge in [0, 0.05) is 71.4 Å². The van der Waals surface area contributed by atoms with Crippen molar-refractivity contribution < 1.29 is 9.53 Å². The predicted octanol–water partition coefficient (Wildman–Crippen LogP) is 0.836. The first kappa shape index (κ1) is 19.1. The zero-order valence-corrected chi connectivity index (χ0v) is 17.2. The smallest absolute Gasteiger partial charge is 0.225 e. The van der Waals surface area contributed by atoms with Crippen molar-refractivity contribution in [2.75, 3.05) is 75.3 Å². The molecule has 1 aliphatic carbocycles. The molecule has 1 amide bonds. The van der Waals surface area contributed by atoms with Crippen LogP contribution in [0.25, 0.3) is 0 Å². The van der Waals surface area contributed by atoms with Crippen molar-refractivity contribution in [2.45, 2.75) is 31.8 Å². The molecular formula is C21H32N6O2. The largest absolute Gasteiger partial charge is 0.377 e. The molecule has 0 bridgehead atoms. The Hall–Kier alpha value is -1.93. The fourth-order valence-electron chi connectivity index (χ4n) is 4.64. The number of carbonyl (C=O) groups is 1. The van der Waals surface area contributed by atoms with Gasteiger partial charge in [-0.05, 0) is 37.8 Å². The zero-order valence-electron chi connectivity index (χ0n) is 17.2. The van der Waals surface area contributed by atoms with Gasteiger partial charge in [-0.1, -0.05) is 0 Å². The molecule has 1 saturated carbocycles. The molecule has 4 fully saturated rings. The van der Waals surface area contributed by atoms with Crippen LogP contribution in [0.15, 0.2) is 12.1 Å². The molecular weight excluding hydrogens is 368 g/mol. The maximum atomic E-state index is 12.2. The van der Waals surface area contributed by atoms with E-state index in [1.807, 2.05) is 4.90 Å². The number of anilines is 2. The minimum Gasteiger partial charge on any atom is -0.377 e. The van der Waals surface area contributed by atoms with Crippen molar-refractivity contribution in [1.82, 2.24) is 20.0 Å². The Kier molecular flexibility index (Phi) is 5.54. The van der Waals surface area contributed by atoms with E-state index in [0.29, 0.717) is 17.9 Å². The third-order valence-corrected chi connectivity index (χ3v) is 6.66. The molecule has 29 heavy (non-hydrogen) atoms. The minimum atomic E-state index is 0.312. The van der Waals surface area contributed by atoms with E-state index in [2.05, 4.69) is 37.0 Å². The standard InChI is InChI=1S/C21H32N6O2/c28-21(17-3-4-17)27-13-11-26(12-14-27)20-6-5-19(22-23-20)25-9-7-24(8-10-25)16-18-2-1-15-29-18/h5-6,17-18H,1-4,7-16H2. The Morgan fingerprint density at radius 1 is 0.897 bits per heavy atom. The molecule has 8 nitrogen and oxygen atoms in total. The molecule has 8 heteroatoms. The van der Waals surface area contributed by atoms with Gasteiger partial charge in [-0.2, -0.15) is 0 Å². The van der Waals surface area contributed by atoms with Gasteiger partial charge in [0.2, 0.25) is 5.91 Å². The number of hydrogen-bond donors (Lipinski definition) is 0. The minimum absolute atomic E-state index is 0.312. The highest BCUT2D eigenvalue weighted by Gasteiger charge is 2.34. The molecule has 3 aliphatic heterocycles. The molecule has 0 aromatic carbocycles. The van der Waals surface area contributed by atoms with Crippen molar-refractivity contribution in [2.24, 2.45) is 5.92 Å². The molecule has 0 radical (unpaired) electrons. The van der Waals surface area contributed by atoms with Crippen molar-refractivity contribution in [3.63, 3.8) is 0 Å². The summed E-state index contributed by atoms with van der Waals surface area (Å²) in [4.78, 5) is 21.3. The number of piperazine rings is 2. The quantitative estimate of drug-likeness (QED) is 0.726. The van der Waals surface area contributed by atoms with E-state index in [-0.39, 0.29) is 0 Å². The van der Waals surface area contributed by atoms with Gasteiger partial charge in [0.25, 0.3) is 0 Å². The summed E-state index contributed by atoms with van der Waals surface area (Å²) in [5.74, 6) is 2.55. The average molecular weight is 401 g/mol. The third-order valence-electron chi connectivity index (χ3n) is 6.66. The maximum absolute atomic E-state index is 12.2. The Morgan fingerprint density at radius 2 is 1.52 bits per heavy atom. The van der Waals surface area contributed by atoms with Gasteiger partial charge in [0.15, 0.2) is 11.6 Å². The summed E-state index contributed by atoms with van der Waals surface area (Å²) in [5.41, 5.74) is 0. The van der Waals surface area contributed by atoms with Crippen LogP contribution in [-0.4, -0.2) is 97.5 Å². The van der Waals surface area contributed by atoms with Crippen molar-refractivity contribution in [1.29, 1.82) is 0 Å². The van der Waals surface area contributed by atoms with Gasteiger partial charge < -0.3 is 19.4 Å². The van der Waals surface area contributed by atoms with E-state index in [4.69, 9.17) is 4.74 Å². The summed E-state index contributed by atoms with van der Waals surface area (Å²) >= 11 is 0. The first-order valence-corrected chi connectivity index (χ1v) is 11.2. The van der Waals surface area contributed by atoms with E-state index in [9.17, 15) is 4.79 Å². The second-order valence-corrected chi connectivity index (χ2v) is 8.76. The molecule has 4 heterocycles. The number of ether oxygens (including phenoxy) is 1. The fraction of sp³-hybridized carbons (Fsp3) is 0.762. The lowest BCUT2D eigenvalue weighted by Gasteiger charge is -2.37. The summed E-state index contributed by atoms with van der Waals surface area (Å²) in [6, 6.07) is 4.18. The number of aromatic nitrogens is 2. The first-order chi connectivity index (χ1) is 14.3. The van der Waals surface area contributed by atoms with Gasteiger partial charge in [0.05, 0.1) is 6.10 Å². The number of amides is 1. The molecule has 5 rings (SSSR count). The zero-order chi connectivity index (χ0) is 19.6. The number of rotatable bonds is 5. The van der Waals surface area contributed by atoms with Crippen molar-refractivity contribution >= 4 is 17.5 Å². The lowest BCUT2D eigenvalue weighted by atomic mass is 10.2. The van der Waals surface area contributed by atoms with Crippen molar-refractivity contribution in [3.05, 3.63) is 12.1 Å². The lowest BCUT2D eigenvalue weighted by Crippen LogP contribution is -2.50.